The van der Waals surface area contributed by atoms with E-state index >= 15 is 0 Å². The summed E-state index contributed by atoms with van der Waals surface area (Å²) in [5.41, 5.74) is 0.775. The Balaban J connectivity index is 2.65. The minimum Gasteiger partial charge on any atom is -0.298 e. The fourth-order valence-corrected chi connectivity index (χ4v) is 1.01. The molecule has 9 heavy (non-hydrogen) atoms. The highest BCUT2D eigenvalue weighted by atomic mass is 35.5. The molecule has 1 aliphatic rings. The Morgan fingerprint density at radius 3 is 3.00 bits per heavy atom. The molecule has 1 aliphatic carbocycles. The second-order valence-corrected chi connectivity index (χ2v) is 2.53. The van der Waals surface area contributed by atoms with Crippen LogP contribution < -0.4 is 0 Å². The molecule has 0 aliphatic heterocycles. The number of carbonyl (C=O) groups excluding carboxylic acids is 1. The quantitative estimate of drug-likeness (QED) is 0.402. The zero-order valence-electron chi connectivity index (χ0n) is 4.88. The molecule has 1 unspecified atom stereocenters. The smallest absolute Gasteiger partial charge is 0.146 e. The zero-order chi connectivity index (χ0) is 6.69. The van der Waals surface area contributed by atoms with Crippen LogP contribution in [0.2, 0.25) is 0 Å². The largest absolute Gasteiger partial charge is 0.298 e. The molecule has 0 aromatic heterocycles. The molecule has 0 bridgehead atoms. The summed E-state index contributed by atoms with van der Waals surface area (Å²) in [6.07, 6.45) is 6.98. The average molecular weight is 143 g/mol. The second kappa shape index (κ2) is 2.83. The highest BCUT2D eigenvalue weighted by Crippen LogP contribution is 2.14. The molecule has 0 saturated heterocycles. The van der Waals surface area contributed by atoms with Crippen LogP contribution in [-0.4, -0.2) is 11.7 Å². The van der Waals surface area contributed by atoms with Gasteiger partial charge in [-0.3, -0.25) is 4.79 Å². The Kier molecular flexibility index (Phi) is 2.06. The highest BCUT2D eigenvalue weighted by Gasteiger charge is 2.05. The molecule has 0 heterocycles. The van der Waals surface area contributed by atoms with Gasteiger partial charge in [-0.25, -0.2) is 0 Å². The van der Waals surface area contributed by atoms with Crippen molar-refractivity contribution in [1.29, 1.82) is 0 Å². The van der Waals surface area contributed by atoms with E-state index in [0.29, 0.717) is 6.42 Å². The Labute approximate surface area is 59.0 Å². The van der Waals surface area contributed by atoms with Crippen LogP contribution >= 0.6 is 11.6 Å². The molecule has 2 heteroatoms. The van der Waals surface area contributed by atoms with E-state index in [9.17, 15) is 4.79 Å². The monoisotopic (exact) mass is 142 g/mol. The van der Waals surface area contributed by atoms with Crippen molar-refractivity contribution in [1.82, 2.24) is 0 Å². The number of carbonyl (C=O) groups is 1. The molecule has 48 valence electrons. The van der Waals surface area contributed by atoms with Crippen LogP contribution in [0.25, 0.3) is 0 Å². The summed E-state index contributed by atoms with van der Waals surface area (Å²) in [5, 5.41) is 0.00944. The molecular formula is C7H7ClO. The van der Waals surface area contributed by atoms with Gasteiger partial charge in [0.2, 0.25) is 0 Å². The van der Waals surface area contributed by atoms with Gasteiger partial charge in [-0.05, 0) is 12.0 Å². The molecule has 0 fully saturated rings. The van der Waals surface area contributed by atoms with E-state index in [4.69, 9.17) is 11.6 Å². The molecule has 1 atom stereocenters. The van der Waals surface area contributed by atoms with Crippen molar-refractivity contribution in [3.8, 4) is 0 Å². The van der Waals surface area contributed by atoms with E-state index in [2.05, 4.69) is 0 Å². The van der Waals surface area contributed by atoms with Gasteiger partial charge in [0.1, 0.15) is 6.29 Å². The van der Waals surface area contributed by atoms with Crippen molar-refractivity contribution >= 4 is 17.9 Å². The summed E-state index contributed by atoms with van der Waals surface area (Å²) >= 11 is 5.70. The summed E-state index contributed by atoms with van der Waals surface area (Å²) in [4.78, 5) is 10.1. The van der Waals surface area contributed by atoms with E-state index in [1.807, 2.05) is 12.2 Å². The summed E-state index contributed by atoms with van der Waals surface area (Å²) in [5.74, 6) is 0. The van der Waals surface area contributed by atoms with Gasteiger partial charge in [-0.1, -0.05) is 18.2 Å². The predicted molar refractivity (Wildman–Crippen MR) is 37.5 cm³/mol. The topological polar surface area (TPSA) is 17.1 Å². The Morgan fingerprint density at radius 1 is 1.78 bits per heavy atom. The van der Waals surface area contributed by atoms with Crippen molar-refractivity contribution in [2.45, 2.75) is 11.8 Å². The van der Waals surface area contributed by atoms with Gasteiger partial charge < -0.3 is 0 Å². The number of rotatable bonds is 1. The lowest BCUT2D eigenvalue weighted by atomic mass is 10.1. The lowest BCUT2D eigenvalue weighted by Gasteiger charge is -2.05. The maximum Gasteiger partial charge on any atom is 0.146 e. The Morgan fingerprint density at radius 2 is 2.56 bits per heavy atom. The lowest BCUT2D eigenvalue weighted by Crippen LogP contribution is -2.00. The zero-order valence-corrected chi connectivity index (χ0v) is 5.64. The lowest BCUT2D eigenvalue weighted by molar-refractivity contribution is -0.105. The summed E-state index contributed by atoms with van der Waals surface area (Å²) in [6.45, 7) is 0. The van der Waals surface area contributed by atoms with Crippen molar-refractivity contribution < 1.29 is 4.79 Å². The first-order chi connectivity index (χ1) is 4.33. The van der Waals surface area contributed by atoms with Crippen LogP contribution in [0.15, 0.2) is 23.8 Å². The highest BCUT2D eigenvalue weighted by molar-refractivity contribution is 6.22. The Bertz CT molecular complexity index is 170. The SMILES string of the molecule is O=CC1=CC=CC(Cl)C1. The van der Waals surface area contributed by atoms with Gasteiger partial charge in [-0.2, -0.15) is 0 Å². The van der Waals surface area contributed by atoms with Gasteiger partial charge in [0.25, 0.3) is 0 Å². The van der Waals surface area contributed by atoms with Gasteiger partial charge in [0.05, 0.1) is 5.38 Å². The molecule has 0 aromatic carbocycles. The first kappa shape index (κ1) is 6.56. The molecule has 1 nitrogen and oxygen atoms in total. The van der Waals surface area contributed by atoms with Crippen molar-refractivity contribution in [3.05, 3.63) is 23.8 Å². The average Bonchev–Trinajstić information content (AvgIpc) is 1.88. The molecule has 0 amide bonds. The summed E-state index contributed by atoms with van der Waals surface area (Å²) in [6, 6.07) is 0. The third-order valence-corrected chi connectivity index (χ3v) is 1.51. The molecule has 0 spiro atoms. The minimum atomic E-state index is 0.00944. The van der Waals surface area contributed by atoms with Gasteiger partial charge in [0.15, 0.2) is 0 Å². The van der Waals surface area contributed by atoms with Crippen LogP contribution in [0, 0.1) is 0 Å². The molecule has 0 radical (unpaired) electrons. The van der Waals surface area contributed by atoms with Crippen LogP contribution in [0.1, 0.15) is 6.42 Å². The third-order valence-electron chi connectivity index (χ3n) is 1.21. The first-order valence-electron chi connectivity index (χ1n) is 2.79. The molecule has 1 rings (SSSR count). The number of aldehydes is 1. The Hall–Kier alpha value is -0.560. The number of allylic oxidation sites excluding steroid dienone is 4. The molecule has 0 aromatic rings. The van der Waals surface area contributed by atoms with E-state index in [1.165, 1.54) is 0 Å². The maximum absolute atomic E-state index is 10.1. The van der Waals surface area contributed by atoms with Crippen molar-refractivity contribution in [2.75, 3.05) is 0 Å². The molecule has 0 N–H and O–H groups in total. The van der Waals surface area contributed by atoms with E-state index in [1.54, 1.807) is 6.08 Å². The van der Waals surface area contributed by atoms with E-state index in [0.717, 1.165) is 11.9 Å². The van der Waals surface area contributed by atoms with Gasteiger partial charge in [0, 0.05) is 0 Å². The van der Waals surface area contributed by atoms with E-state index < -0.39 is 0 Å². The number of halogens is 1. The van der Waals surface area contributed by atoms with Crippen LogP contribution in [0.3, 0.4) is 0 Å². The van der Waals surface area contributed by atoms with Gasteiger partial charge >= 0.3 is 0 Å². The molecule has 0 saturated carbocycles. The standard InChI is InChI=1S/C7H7ClO/c8-7-3-1-2-6(4-7)5-9/h1-3,5,7H,4H2. The normalized spacial score (nSPS) is 25.4. The van der Waals surface area contributed by atoms with Crippen LogP contribution in [0.5, 0.6) is 0 Å². The maximum atomic E-state index is 10.1. The van der Waals surface area contributed by atoms with Crippen LogP contribution in [0.4, 0.5) is 0 Å². The summed E-state index contributed by atoms with van der Waals surface area (Å²) < 4.78 is 0. The van der Waals surface area contributed by atoms with Crippen molar-refractivity contribution in [3.63, 3.8) is 0 Å². The summed E-state index contributed by atoms with van der Waals surface area (Å²) in [7, 11) is 0. The molecular weight excluding hydrogens is 136 g/mol. The minimum absolute atomic E-state index is 0.00944. The van der Waals surface area contributed by atoms with Crippen molar-refractivity contribution in [2.24, 2.45) is 0 Å². The third kappa shape index (κ3) is 1.68. The number of alkyl halides is 1. The first-order valence-corrected chi connectivity index (χ1v) is 3.23. The van der Waals surface area contributed by atoms with Gasteiger partial charge in [-0.15, -0.1) is 11.6 Å². The van der Waals surface area contributed by atoms with E-state index in [-0.39, 0.29) is 5.38 Å². The van der Waals surface area contributed by atoms with Crippen LogP contribution in [-0.2, 0) is 4.79 Å². The second-order valence-electron chi connectivity index (χ2n) is 1.96. The number of hydrogen-bond acceptors (Lipinski definition) is 1. The fraction of sp³-hybridized carbons (Fsp3) is 0.286. The fourth-order valence-electron chi connectivity index (χ4n) is 0.748. The number of hydrogen-bond donors (Lipinski definition) is 0. The predicted octanol–water partition coefficient (Wildman–Crippen LogP) is 1.68.